The van der Waals surface area contributed by atoms with Crippen molar-refractivity contribution in [3.63, 3.8) is 0 Å². The number of amides is 1. The summed E-state index contributed by atoms with van der Waals surface area (Å²) in [4.78, 5) is 12.7. The van der Waals surface area contributed by atoms with E-state index in [1.807, 2.05) is 0 Å². The summed E-state index contributed by atoms with van der Waals surface area (Å²) in [5.74, 6) is 0.621. The average molecular weight is 184 g/mol. The summed E-state index contributed by atoms with van der Waals surface area (Å²) >= 11 is 0. The molecule has 1 heterocycles. The fourth-order valence-electron chi connectivity index (χ4n) is 2.14. The minimum absolute atomic E-state index is 0.237. The van der Waals surface area contributed by atoms with E-state index in [4.69, 9.17) is 0 Å². The minimum atomic E-state index is 0.237. The third-order valence-corrected chi connectivity index (χ3v) is 3.57. The fourth-order valence-corrected chi connectivity index (χ4v) is 2.14. The molecule has 1 rings (SSSR count). The van der Waals surface area contributed by atoms with Gasteiger partial charge in [0.25, 0.3) is 0 Å². The zero-order valence-electron chi connectivity index (χ0n) is 9.00. The topological polar surface area (TPSA) is 32.3 Å². The summed E-state index contributed by atoms with van der Waals surface area (Å²) in [5, 5.41) is 2.86. The fraction of sp³-hybridized carbons (Fsp3) is 0.900. The maximum absolute atomic E-state index is 10.3. The molecule has 1 N–H and O–H groups in total. The summed E-state index contributed by atoms with van der Waals surface area (Å²) in [6.07, 6.45) is 1.87. The summed E-state index contributed by atoms with van der Waals surface area (Å²) in [6, 6.07) is 0.329. The van der Waals surface area contributed by atoms with Crippen molar-refractivity contribution in [3.8, 4) is 0 Å². The molecule has 2 atom stereocenters. The highest BCUT2D eigenvalue weighted by molar-refractivity contribution is 5.47. The molecule has 3 nitrogen and oxygen atoms in total. The van der Waals surface area contributed by atoms with Crippen LogP contribution in [0.2, 0.25) is 0 Å². The Labute approximate surface area is 80.5 Å². The molecule has 0 aromatic carbocycles. The Hall–Kier alpha value is -0.570. The molecule has 0 spiro atoms. The third kappa shape index (κ3) is 1.85. The number of rotatable bonds is 3. The van der Waals surface area contributed by atoms with Gasteiger partial charge in [-0.05, 0) is 26.3 Å². The number of hydrogen-bond donors (Lipinski definition) is 1. The van der Waals surface area contributed by atoms with Crippen molar-refractivity contribution < 1.29 is 4.79 Å². The van der Waals surface area contributed by atoms with Crippen LogP contribution in [0.3, 0.4) is 0 Å². The lowest BCUT2D eigenvalue weighted by molar-refractivity contribution is -0.110. The Bertz CT molecular complexity index is 193. The molecule has 0 radical (unpaired) electrons. The zero-order valence-corrected chi connectivity index (χ0v) is 9.00. The van der Waals surface area contributed by atoms with Crippen LogP contribution in [-0.4, -0.2) is 36.5 Å². The van der Waals surface area contributed by atoms with Crippen molar-refractivity contribution in [2.75, 3.05) is 13.6 Å². The highest BCUT2D eigenvalue weighted by atomic mass is 16.1. The highest BCUT2D eigenvalue weighted by Gasteiger charge is 2.41. The maximum Gasteiger partial charge on any atom is 0.207 e. The van der Waals surface area contributed by atoms with Crippen LogP contribution in [0.4, 0.5) is 0 Å². The SMILES string of the molecule is CC(C)C1(C)CC(NC=O)CN1C. The standard InChI is InChI=1S/C10H20N2O/c1-8(2)10(3)5-9(11-7-13)6-12(10)4/h7-9H,5-6H2,1-4H3,(H,11,13). The number of carbonyl (C=O) groups is 1. The number of hydrogen-bond acceptors (Lipinski definition) is 2. The van der Waals surface area contributed by atoms with Crippen molar-refractivity contribution in [2.45, 2.75) is 38.8 Å². The largest absolute Gasteiger partial charge is 0.355 e. The first-order chi connectivity index (χ1) is 6.00. The summed E-state index contributed by atoms with van der Waals surface area (Å²) in [6.45, 7) is 7.71. The van der Waals surface area contributed by atoms with Gasteiger partial charge in [0.1, 0.15) is 0 Å². The van der Waals surface area contributed by atoms with Crippen LogP contribution in [0.1, 0.15) is 27.2 Å². The molecule has 0 aromatic heterocycles. The van der Waals surface area contributed by atoms with Gasteiger partial charge in [-0.15, -0.1) is 0 Å². The van der Waals surface area contributed by atoms with E-state index >= 15 is 0 Å². The minimum Gasteiger partial charge on any atom is -0.355 e. The maximum atomic E-state index is 10.3. The molecule has 13 heavy (non-hydrogen) atoms. The monoisotopic (exact) mass is 184 g/mol. The van der Waals surface area contributed by atoms with Gasteiger partial charge in [-0.3, -0.25) is 9.69 Å². The van der Waals surface area contributed by atoms with Crippen molar-refractivity contribution in [1.29, 1.82) is 0 Å². The van der Waals surface area contributed by atoms with E-state index in [0.717, 1.165) is 19.4 Å². The molecule has 1 aliphatic heterocycles. The van der Waals surface area contributed by atoms with E-state index in [1.54, 1.807) is 0 Å². The Morgan fingerprint density at radius 1 is 1.62 bits per heavy atom. The first-order valence-corrected chi connectivity index (χ1v) is 4.91. The number of likely N-dealkylation sites (tertiary alicyclic amines) is 1. The molecule has 0 aliphatic carbocycles. The zero-order chi connectivity index (χ0) is 10.1. The van der Waals surface area contributed by atoms with E-state index in [2.05, 4.69) is 38.0 Å². The van der Waals surface area contributed by atoms with E-state index in [0.29, 0.717) is 12.0 Å². The van der Waals surface area contributed by atoms with Gasteiger partial charge in [0, 0.05) is 18.1 Å². The first kappa shape index (κ1) is 10.5. The molecule has 1 aliphatic rings. The molecule has 0 saturated carbocycles. The molecule has 76 valence electrons. The summed E-state index contributed by atoms with van der Waals surface area (Å²) < 4.78 is 0. The van der Waals surface area contributed by atoms with E-state index in [1.165, 1.54) is 0 Å². The Morgan fingerprint density at radius 2 is 2.23 bits per heavy atom. The van der Waals surface area contributed by atoms with E-state index in [-0.39, 0.29) is 5.54 Å². The second kappa shape index (κ2) is 3.66. The quantitative estimate of drug-likeness (QED) is 0.660. The normalized spacial score (nSPS) is 35.3. The molecule has 0 bridgehead atoms. The predicted octanol–water partition coefficient (Wildman–Crippen LogP) is 0.851. The smallest absolute Gasteiger partial charge is 0.207 e. The summed E-state index contributed by atoms with van der Waals surface area (Å²) in [7, 11) is 2.13. The second-order valence-electron chi connectivity index (χ2n) is 4.58. The van der Waals surface area contributed by atoms with Gasteiger partial charge >= 0.3 is 0 Å². The van der Waals surface area contributed by atoms with Crippen LogP contribution in [0, 0.1) is 5.92 Å². The van der Waals surface area contributed by atoms with Crippen molar-refractivity contribution in [1.82, 2.24) is 10.2 Å². The van der Waals surface area contributed by atoms with Gasteiger partial charge in [0.2, 0.25) is 6.41 Å². The summed E-state index contributed by atoms with van der Waals surface area (Å²) in [5.41, 5.74) is 0.237. The van der Waals surface area contributed by atoms with Crippen LogP contribution >= 0.6 is 0 Å². The van der Waals surface area contributed by atoms with Crippen molar-refractivity contribution >= 4 is 6.41 Å². The second-order valence-corrected chi connectivity index (χ2v) is 4.58. The lowest BCUT2D eigenvalue weighted by atomic mass is 9.85. The third-order valence-electron chi connectivity index (χ3n) is 3.57. The van der Waals surface area contributed by atoms with Gasteiger partial charge < -0.3 is 5.32 Å². The molecular weight excluding hydrogens is 164 g/mol. The Morgan fingerprint density at radius 3 is 2.62 bits per heavy atom. The molecule has 0 aromatic rings. The van der Waals surface area contributed by atoms with Gasteiger partial charge in [-0.1, -0.05) is 13.8 Å². The molecule has 1 fully saturated rings. The van der Waals surface area contributed by atoms with Gasteiger partial charge in [0.15, 0.2) is 0 Å². The Balaban J connectivity index is 2.64. The van der Waals surface area contributed by atoms with Crippen LogP contribution in [0.15, 0.2) is 0 Å². The number of carbonyl (C=O) groups excluding carboxylic acids is 1. The molecule has 3 heteroatoms. The van der Waals surface area contributed by atoms with E-state index in [9.17, 15) is 4.79 Å². The molecule has 1 amide bonds. The van der Waals surface area contributed by atoms with Crippen LogP contribution in [0.25, 0.3) is 0 Å². The molecule has 2 unspecified atom stereocenters. The lowest BCUT2D eigenvalue weighted by Gasteiger charge is -2.36. The van der Waals surface area contributed by atoms with Gasteiger partial charge in [-0.2, -0.15) is 0 Å². The predicted molar refractivity (Wildman–Crippen MR) is 53.5 cm³/mol. The lowest BCUT2D eigenvalue weighted by Crippen LogP contribution is -2.42. The molecule has 1 saturated heterocycles. The average Bonchev–Trinajstić information content (AvgIpc) is 2.29. The van der Waals surface area contributed by atoms with Crippen LogP contribution in [0.5, 0.6) is 0 Å². The Kier molecular flexibility index (Phi) is 2.96. The van der Waals surface area contributed by atoms with Crippen LogP contribution < -0.4 is 5.32 Å². The van der Waals surface area contributed by atoms with Crippen molar-refractivity contribution in [2.24, 2.45) is 5.92 Å². The van der Waals surface area contributed by atoms with Gasteiger partial charge in [-0.25, -0.2) is 0 Å². The molecular formula is C10H20N2O. The van der Waals surface area contributed by atoms with E-state index < -0.39 is 0 Å². The highest BCUT2D eigenvalue weighted by Crippen LogP contribution is 2.33. The number of nitrogens with zero attached hydrogens (tertiary/aromatic N) is 1. The number of nitrogens with one attached hydrogen (secondary N) is 1. The number of likely N-dealkylation sites (N-methyl/N-ethyl adjacent to an activating group) is 1. The first-order valence-electron chi connectivity index (χ1n) is 4.91. The van der Waals surface area contributed by atoms with Gasteiger partial charge in [0.05, 0.1) is 0 Å². The van der Waals surface area contributed by atoms with Crippen LogP contribution in [-0.2, 0) is 4.79 Å². The van der Waals surface area contributed by atoms with Crippen molar-refractivity contribution in [3.05, 3.63) is 0 Å².